The number of nitrogens with zero attached hydrogens (tertiary/aromatic N) is 2. The molecule has 4 heteroatoms. The van der Waals surface area contributed by atoms with Gasteiger partial charge in [-0.15, -0.1) is 0 Å². The fraction of sp³-hybridized carbons (Fsp3) is 0.600. The number of hydrogen-bond donors (Lipinski definition) is 1. The number of anilines is 1. The molecule has 2 aliphatic heterocycles. The lowest BCUT2D eigenvalue weighted by molar-refractivity contribution is 0.312. The minimum absolute atomic E-state index is 0.281. The second kappa shape index (κ2) is 4.97. The highest BCUT2D eigenvalue weighted by atomic mass is 35.5. The molecule has 2 N–H and O–H groups in total. The number of nitrogens with two attached hydrogens (primary N) is 1. The summed E-state index contributed by atoms with van der Waals surface area (Å²) in [6, 6.07) is 6.33. The standard InChI is InChI=1S/C15H22ClN3/c1-18-10-15(5-8-19(11-15)7-2-6-17)13-9-12(16)3-4-14(13)18/h3-4,9H,2,5-8,10-11,17H2,1H3/t15-/m1/s1. The first-order valence-electron chi connectivity index (χ1n) is 7.08. The summed E-state index contributed by atoms with van der Waals surface area (Å²) in [5.41, 5.74) is 8.69. The summed E-state index contributed by atoms with van der Waals surface area (Å²) in [6.07, 6.45) is 2.32. The monoisotopic (exact) mass is 279 g/mol. The third kappa shape index (κ3) is 2.24. The van der Waals surface area contributed by atoms with Crippen molar-refractivity contribution in [1.29, 1.82) is 0 Å². The van der Waals surface area contributed by atoms with Gasteiger partial charge in [-0.2, -0.15) is 0 Å². The molecule has 1 aromatic carbocycles. The molecule has 2 aliphatic rings. The number of halogens is 1. The quantitative estimate of drug-likeness (QED) is 0.920. The van der Waals surface area contributed by atoms with Gasteiger partial charge in [-0.25, -0.2) is 0 Å². The molecule has 0 aromatic heterocycles. The van der Waals surface area contributed by atoms with Gasteiger partial charge in [0.25, 0.3) is 0 Å². The molecule has 19 heavy (non-hydrogen) atoms. The fourth-order valence-corrected chi connectivity index (χ4v) is 3.88. The Balaban J connectivity index is 1.86. The van der Waals surface area contributed by atoms with Crippen molar-refractivity contribution in [3.05, 3.63) is 28.8 Å². The van der Waals surface area contributed by atoms with Crippen molar-refractivity contribution in [3.8, 4) is 0 Å². The van der Waals surface area contributed by atoms with Crippen LogP contribution in [-0.4, -0.2) is 44.7 Å². The molecule has 1 saturated heterocycles. The van der Waals surface area contributed by atoms with Crippen LogP contribution in [0.5, 0.6) is 0 Å². The van der Waals surface area contributed by atoms with Crippen LogP contribution in [0.4, 0.5) is 5.69 Å². The second-order valence-electron chi connectivity index (χ2n) is 5.97. The smallest absolute Gasteiger partial charge is 0.0410 e. The van der Waals surface area contributed by atoms with Gasteiger partial charge in [-0.05, 0) is 56.2 Å². The molecule has 2 heterocycles. The number of hydrogen-bond acceptors (Lipinski definition) is 3. The van der Waals surface area contributed by atoms with E-state index in [1.807, 2.05) is 6.07 Å². The van der Waals surface area contributed by atoms with Gasteiger partial charge in [0.2, 0.25) is 0 Å². The first kappa shape index (κ1) is 13.2. The molecule has 0 radical (unpaired) electrons. The summed E-state index contributed by atoms with van der Waals surface area (Å²) in [6.45, 7) is 5.34. The van der Waals surface area contributed by atoms with Gasteiger partial charge in [0, 0.05) is 36.3 Å². The summed E-state index contributed by atoms with van der Waals surface area (Å²) in [7, 11) is 2.18. The van der Waals surface area contributed by atoms with Crippen molar-refractivity contribution in [2.75, 3.05) is 44.7 Å². The van der Waals surface area contributed by atoms with Crippen LogP contribution in [0.1, 0.15) is 18.4 Å². The molecule has 104 valence electrons. The Hall–Kier alpha value is -0.770. The van der Waals surface area contributed by atoms with Crippen molar-refractivity contribution in [2.45, 2.75) is 18.3 Å². The number of likely N-dealkylation sites (tertiary alicyclic amines) is 1. The largest absolute Gasteiger partial charge is 0.373 e. The van der Waals surface area contributed by atoms with E-state index in [9.17, 15) is 0 Å². The van der Waals surface area contributed by atoms with Gasteiger partial charge in [-0.3, -0.25) is 0 Å². The molecule has 1 atom stereocenters. The molecular weight excluding hydrogens is 258 g/mol. The van der Waals surface area contributed by atoms with Crippen LogP contribution in [0, 0.1) is 0 Å². The predicted molar refractivity (Wildman–Crippen MR) is 81.1 cm³/mol. The van der Waals surface area contributed by atoms with E-state index in [1.54, 1.807) is 0 Å². The maximum Gasteiger partial charge on any atom is 0.0410 e. The first-order valence-corrected chi connectivity index (χ1v) is 7.46. The predicted octanol–water partition coefficient (Wildman–Crippen LogP) is 2.08. The van der Waals surface area contributed by atoms with Gasteiger partial charge in [0.1, 0.15) is 0 Å². The van der Waals surface area contributed by atoms with E-state index in [4.69, 9.17) is 17.3 Å². The highest BCUT2D eigenvalue weighted by molar-refractivity contribution is 6.30. The van der Waals surface area contributed by atoms with Crippen LogP contribution >= 0.6 is 11.6 Å². The third-order valence-corrected chi connectivity index (χ3v) is 4.83. The van der Waals surface area contributed by atoms with Crippen LogP contribution in [0.3, 0.4) is 0 Å². The average molecular weight is 280 g/mol. The number of benzene rings is 1. The van der Waals surface area contributed by atoms with Crippen LogP contribution in [0.15, 0.2) is 18.2 Å². The third-order valence-electron chi connectivity index (χ3n) is 4.59. The lowest BCUT2D eigenvalue weighted by atomic mass is 9.81. The zero-order valence-electron chi connectivity index (χ0n) is 11.5. The molecule has 1 spiro atoms. The lowest BCUT2D eigenvalue weighted by Crippen LogP contribution is -2.35. The van der Waals surface area contributed by atoms with Crippen molar-refractivity contribution in [3.63, 3.8) is 0 Å². The van der Waals surface area contributed by atoms with Crippen molar-refractivity contribution < 1.29 is 0 Å². The minimum atomic E-state index is 0.281. The lowest BCUT2D eigenvalue weighted by Gasteiger charge is -2.25. The molecule has 3 nitrogen and oxygen atoms in total. The van der Waals surface area contributed by atoms with Crippen LogP contribution in [-0.2, 0) is 5.41 Å². The molecule has 0 unspecified atom stereocenters. The van der Waals surface area contributed by atoms with Crippen LogP contribution in [0.25, 0.3) is 0 Å². The van der Waals surface area contributed by atoms with Crippen molar-refractivity contribution >= 4 is 17.3 Å². The van der Waals surface area contributed by atoms with E-state index in [1.165, 1.54) is 24.2 Å². The summed E-state index contributed by atoms with van der Waals surface area (Å²) in [5.74, 6) is 0. The summed E-state index contributed by atoms with van der Waals surface area (Å²) in [4.78, 5) is 4.93. The molecule has 0 aliphatic carbocycles. The SMILES string of the molecule is CN1C[C@@]2(CCN(CCCN)C2)c2cc(Cl)ccc21. The molecule has 0 saturated carbocycles. The van der Waals surface area contributed by atoms with Gasteiger partial charge < -0.3 is 15.5 Å². The van der Waals surface area contributed by atoms with E-state index >= 15 is 0 Å². The molecule has 1 fully saturated rings. The van der Waals surface area contributed by atoms with E-state index in [0.717, 1.165) is 37.6 Å². The first-order chi connectivity index (χ1) is 9.14. The topological polar surface area (TPSA) is 32.5 Å². The molecular formula is C15H22ClN3. The van der Waals surface area contributed by atoms with Gasteiger partial charge in [0.05, 0.1) is 0 Å². The Morgan fingerprint density at radius 1 is 1.37 bits per heavy atom. The van der Waals surface area contributed by atoms with E-state index < -0.39 is 0 Å². The molecule has 0 bridgehead atoms. The number of likely N-dealkylation sites (N-methyl/N-ethyl adjacent to an activating group) is 1. The zero-order valence-corrected chi connectivity index (χ0v) is 12.3. The van der Waals surface area contributed by atoms with Crippen molar-refractivity contribution in [1.82, 2.24) is 4.90 Å². The van der Waals surface area contributed by atoms with Crippen LogP contribution in [0.2, 0.25) is 5.02 Å². The molecule has 3 rings (SSSR count). The van der Waals surface area contributed by atoms with Gasteiger partial charge >= 0.3 is 0 Å². The minimum Gasteiger partial charge on any atom is -0.373 e. The van der Waals surface area contributed by atoms with E-state index in [-0.39, 0.29) is 5.41 Å². The Morgan fingerprint density at radius 2 is 2.21 bits per heavy atom. The highest BCUT2D eigenvalue weighted by Crippen LogP contribution is 2.46. The Labute approximate surface area is 120 Å². The number of fused-ring (bicyclic) bond motifs is 2. The maximum absolute atomic E-state index is 6.20. The number of rotatable bonds is 3. The molecule has 1 aromatic rings. The molecule has 0 amide bonds. The fourth-order valence-electron chi connectivity index (χ4n) is 3.70. The van der Waals surface area contributed by atoms with E-state index in [2.05, 4.69) is 29.0 Å². The van der Waals surface area contributed by atoms with Crippen molar-refractivity contribution in [2.24, 2.45) is 5.73 Å². The zero-order chi connectivity index (χ0) is 13.5. The maximum atomic E-state index is 6.20. The summed E-state index contributed by atoms with van der Waals surface area (Å²) in [5, 5.41) is 0.855. The van der Waals surface area contributed by atoms with E-state index in [0.29, 0.717) is 0 Å². The van der Waals surface area contributed by atoms with Gasteiger partial charge in [-0.1, -0.05) is 11.6 Å². The summed E-state index contributed by atoms with van der Waals surface area (Å²) >= 11 is 6.20. The Bertz CT molecular complexity index is 476. The summed E-state index contributed by atoms with van der Waals surface area (Å²) < 4.78 is 0. The Morgan fingerprint density at radius 3 is 3.00 bits per heavy atom. The van der Waals surface area contributed by atoms with Crippen LogP contribution < -0.4 is 10.6 Å². The second-order valence-corrected chi connectivity index (χ2v) is 6.40. The normalized spacial score (nSPS) is 26.4. The Kier molecular flexibility index (Phi) is 3.46. The average Bonchev–Trinajstić information content (AvgIpc) is 2.91. The highest BCUT2D eigenvalue weighted by Gasteiger charge is 2.46. The van der Waals surface area contributed by atoms with Gasteiger partial charge in [0.15, 0.2) is 0 Å².